The third kappa shape index (κ3) is 5.36. The van der Waals surface area contributed by atoms with Crippen molar-refractivity contribution < 1.29 is 4.79 Å². The number of nitrogens with zero attached hydrogens (tertiary/aromatic N) is 3. The smallest absolute Gasteiger partial charge is 0.223 e. The second-order valence-corrected chi connectivity index (χ2v) is 5.34. The molecule has 1 atom stereocenters. The molecule has 0 aromatic carbocycles. The molecule has 2 N–H and O–H groups in total. The van der Waals surface area contributed by atoms with Gasteiger partial charge < -0.3 is 15.5 Å². The van der Waals surface area contributed by atoms with Crippen LogP contribution in [0.25, 0.3) is 0 Å². The Bertz CT molecular complexity index is 330. The largest absolute Gasteiger partial charge is 0.356 e. The van der Waals surface area contributed by atoms with Crippen molar-refractivity contribution in [1.29, 1.82) is 0 Å². The van der Waals surface area contributed by atoms with Crippen molar-refractivity contribution in [1.82, 2.24) is 20.4 Å². The monoisotopic (exact) mass is 283 g/mol. The number of rotatable bonds is 6. The molecule has 0 aromatic rings. The third-order valence-electron chi connectivity index (χ3n) is 3.76. The Balaban J connectivity index is 2.25. The first-order chi connectivity index (χ1) is 9.58. The number of likely N-dealkylation sites (N-methyl/N-ethyl adjacent to an activating group) is 1. The maximum atomic E-state index is 11.5. The summed E-state index contributed by atoms with van der Waals surface area (Å²) in [5.41, 5.74) is 0. The number of amides is 1. The molecule has 1 aliphatic rings. The van der Waals surface area contributed by atoms with E-state index in [2.05, 4.69) is 27.4 Å². The van der Waals surface area contributed by atoms with Gasteiger partial charge in [0.2, 0.25) is 5.91 Å². The minimum atomic E-state index is 0.126. The van der Waals surface area contributed by atoms with E-state index in [1.807, 2.05) is 0 Å². The zero-order valence-corrected chi connectivity index (χ0v) is 13.3. The molecule has 1 aliphatic heterocycles. The number of hydrogen-bond donors (Lipinski definition) is 2. The molecule has 6 heteroatoms. The molecule has 1 heterocycles. The Labute approximate surface area is 122 Å². The molecule has 0 spiro atoms. The van der Waals surface area contributed by atoms with Gasteiger partial charge in [0.05, 0.1) is 0 Å². The second-order valence-electron chi connectivity index (χ2n) is 5.34. The highest BCUT2D eigenvalue weighted by Gasteiger charge is 2.22. The summed E-state index contributed by atoms with van der Waals surface area (Å²) in [5, 5.41) is 6.54. The van der Waals surface area contributed by atoms with Crippen LogP contribution >= 0.6 is 0 Å². The molecule has 1 rings (SSSR count). The number of aliphatic imine (C=N–C) groups is 1. The van der Waals surface area contributed by atoms with Gasteiger partial charge in [0, 0.05) is 46.7 Å². The van der Waals surface area contributed by atoms with Crippen molar-refractivity contribution in [2.75, 3.05) is 47.3 Å². The van der Waals surface area contributed by atoms with Crippen LogP contribution in [0.15, 0.2) is 4.99 Å². The predicted octanol–water partition coefficient (Wildman–Crippen LogP) is 0.114. The SMILES string of the molecule is CCN1CCCC1CNC(=NC)NCCC(=O)N(C)C. The molecule has 0 radical (unpaired) electrons. The van der Waals surface area contributed by atoms with E-state index in [4.69, 9.17) is 0 Å². The van der Waals surface area contributed by atoms with E-state index < -0.39 is 0 Å². The van der Waals surface area contributed by atoms with Gasteiger partial charge in [-0.05, 0) is 25.9 Å². The lowest BCUT2D eigenvalue weighted by Gasteiger charge is -2.24. The molecule has 0 saturated carbocycles. The summed E-state index contributed by atoms with van der Waals surface area (Å²) in [7, 11) is 5.30. The maximum absolute atomic E-state index is 11.5. The molecule has 116 valence electrons. The van der Waals surface area contributed by atoms with E-state index in [0.717, 1.165) is 19.0 Å². The van der Waals surface area contributed by atoms with Crippen molar-refractivity contribution in [3.63, 3.8) is 0 Å². The molecular weight excluding hydrogens is 254 g/mol. The molecule has 6 nitrogen and oxygen atoms in total. The van der Waals surface area contributed by atoms with E-state index in [0.29, 0.717) is 19.0 Å². The first-order valence-corrected chi connectivity index (χ1v) is 7.47. The van der Waals surface area contributed by atoms with E-state index >= 15 is 0 Å². The number of nitrogens with one attached hydrogen (secondary N) is 2. The third-order valence-corrected chi connectivity index (χ3v) is 3.76. The zero-order valence-electron chi connectivity index (χ0n) is 13.3. The van der Waals surface area contributed by atoms with E-state index in [-0.39, 0.29) is 5.91 Å². The summed E-state index contributed by atoms with van der Waals surface area (Å²) in [6, 6.07) is 0.599. The fourth-order valence-corrected chi connectivity index (χ4v) is 2.49. The average molecular weight is 283 g/mol. The minimum absolute atomic E-state index is 0.126. The van der Waals surface area contributed by atoms with Gasteiger partial charge in [-0.2, -0.15) is 0 Å². The van der Waals surface area contributed by atoms with E-state index in [9.17, 15) is 4.79 Å². The van der Waals surface area contributed by atoms with Gasteiger partial charge in [-0.3, -0.25) is 14.7 Å². The first kappa shape index (κ1) is 16.8. The highest BCUT2D eigenvalue weighted by Crippen LogP contribution is 2.15. The first-order valence-electron chi connectivity index (χ1n) is 7.47. The Morgan fingerprint density at radius 3 is 2.75 bits per heavy atom. The molecule has 1 saturated heterocycles. The van der Waals surface area contributed by atoms with Crippen LogP contribution in [0.2, 0.25) is 0 Å². The lowest BCUT2D eigenvalue weighted by atomic mass is 10.2. The van der Waals surface area contributed by atoms with Crippen LogP contribution in [0.4, 0.5) is 0 Å². The highest BCUT2D eigenvalue weighted by atomic mass is 16.2. The summed E-state index contributed by atoms with van der Waals surface area (Å²) in [6.45, 7) is 6.04. The van der Waals surface area contributed by atoms with Crippen LogP contribution in [-0.4, -0.2) is 75.0 Å². The van der Waals surface area contributed by atoms with Crippen molar-refractivity contribution in [2.24, 2.45) is 4.99 Å². The van der Waals surface area contributed by atoms with Gasteiger partial charge in [0.1, 0.15) is 0 Å². The van der Waals surface area contributed by atoms with Gasteiger partial charge in [0.15, 0.2) is 5.96 Å². The molecule has 20 heavy (non-hydrogen) atoms. The van der Waals surface area contributed by atoms with Crippen molar-refractivity contribution in [3.8, 4) is 0 Å². The molecule has 0 aliphatic carbocycles. The molecule has 0 aromatic heterocycles. The van der Waals surface area contributed by atoms with Gasteiger partial charge >= 0.3 is 0 Å². The van der Waals surface area contributed by atoms with Crippen LogP contribution in [0, 0.1) is 0 Å². The summed E-state index contributed by atoms with van der Waals surface area (Å²) in [5.74, 6) is 0.903. The van der Waals surface area contributed by atoms with Crippen molar-refractivity contribution >= 4 is 11.9 Å². The molecule has 1 fully saturated rings. The van der Waals surface area contributed by atoms with Crippen LogP contribution in [-0.2, 0) is 4.79 Å². The van der Waals surface area contributed by atoms with Crippen molar-refractivity contribution in [2.45, 2.75) is 32.2 Å². The summed E-state index contributed by atoms with van der Waals surface area (Å²) >= 11 is 0. The number of hydrogen-bond acceptors (Lipinski definition) is 3. The maximum Gasteiger partial charge on any atom is 0.223 e. The van der Waals surface area contributed by atoms with Crippen LogP contribution in [0.3, 0.4) is 0 Å². The number of carbonyl (C=O) groups is 1. The Morgan fingerprint density at radius 2 is 2.15 bits per heavy atom. The standard InChI is InChI=1S/C14H29N5O/c1-5-19-10-6-7-12(19)11-17-14(15-2)16-9-8-13(20)18(3)4/h12H,5-11H2,1-4H3,(H2,15,16,17). The Hall–Kier alpha value is -1.30. The zero-order chi connectivity index (χ0) is 15.0. The number of carbonyl (C=O) groups excluding carboxylic acids is 1. The van der Waals surface area contributed by atoms with E-state index in [1.165, 1.54) is 19.4 Å². The Kier molecular flexibility index (Phi) is 7.36. The fraction of sp³-hybridized carbons (Fsp3) is 0.857. The normalized spacial score (nSPS) is 20.0. The summed E-state index contributed by atoms with van der Waals surface area (Å²) in [6.07, 6.45) is 3.01. The molecule has 1 unspecified atom stereocenters. The Morgan fingerprint density at radius 1 is 1.40 bits per heavy atom. The lowest BCUT2D eigenvalue weighted by molar-refractivity contribution is -0.128. The number of guanidine groups is 1. The number of likely N-dealkylation sites (tertiary alicyclic amines) is 1. The van der Waals surface area contributed by atoms with E-state index in [1.54, 1.807) is 26.0 Å². The van der Waals surface area contributed by atoms with Gasteiger partial charge in [-0.25, -0.2) is 0 Å². The van der Waals surface area contributed by atoms with Gasteiger partial charge in [-0.15, -0.1) is 0 Å². The second kappa shape index (κ2) is 8.79. The highest BCUT2D eigenvalue weighted by molar-refractivity contribution is 5.81. The molecule has 0 bridgehead atoms. The van der Waals surface area contributed by atoms with Crippen LogP contribution in [0.5, 0.6) is 0 Å². The average Bonchev–Trinajstić information content (AvgIpc) is 2.89. The lowest BCUT2D eigenvalue weighted by Crippen LogP contribution is -2.45. The van der Waals surface area contributed by atoms with Gasteiger partial charge in [0.25, 0.3) is 0 Å². The minimum Gasteiger partial charge on any atom is -0.356 e. The quantitative estimate of drug-likeness (QED) is 0.537. The topological polar surface area (TPSA) is 60.0 Å². The van der Waals surface area contributed by atoms with Crippen molar-refractivity contribution in [3.05, 3.63) is 0 Å². The summed E-state index contributed by atoms with van der Waals surface area (Å²) < 4.78 is 0. The molecular formula is C14H29N5O. The molecule has 1 amide bonds. The summed E-state index contributed by atoms with van der Waals surface area (Å²) in [4.78, 5) is 19.8. The van der Waals surface area contributed by atoms with Crippen LogP contribution in [0.1, 0.15) is 26.2 Å². The van der Waals surface area contributed by atoms with Crippen LogP contribution < -0.4 is 10.6 Å². The predicted molar refractivity (Wildman–Crippen MR) is 82.9 cm³/mol. The van der Waals surface area contributed by atoms with Gasteiger partial charge in [-0.1, -0.05) is 6.92 Å². The fourth-order valence-electron chi connectivity index (χ4n) is 2.49.